The smallest absolute Gasteiger partial charge is 0.168 e. The molecule has 0 radical (unpaired) electrons. The quantitative estimate of drug-likeness (QED) is 0.900. The van der Waals surface area contributed by atoms with Gasteiger partial charge in [0.15, 0.2) is 11.6 Å². The van der Waals surface area contributed by atoms with E-state index in [-0.39, 0.29) is 5.82 Å². The number of nitrogens with one attached hydrogen (secondary N) is 1. The van der Waals surface area contributed by atoms with Crippen LogP contribution < -0.4 is 10.2 Å². The van der Waals surface area contributed by atoms with Gasteiger partial charge in [-0.2, -0.15) is 0 Å². The molecule has 112 valence electrons. The topological polar surface area (TPSA) is 28.2 Å². The van der Waals surface area contributed by atoms with E-state index in [1.54, 1.807) is 0 Å². The van der Waals surface area contributed by atoms with Gasteiger partial charge in [-0.3, -0.25) is 0 Å². The maximum atomic E-state index is 13.7. The lowest BCUT2D eigenvalue weighted by Gasteiger charge is -2.35. The number of aromatic nitrogens is 1. The first-order valence-corrected chi connectivity index (χ1v) is 7.41. The second kappa shape index (κ2) is 6.97. The SMILES string of the molecule is CCCNC(C)C1CCN(c2ncc(F)cc2F)CC1. The van der Waals surface area contributed by atoms with Crippen LogP contribution in [0.3, 0.4) is 0 Å². The number of hydrogen-bond donors (Lipinski definition) is 1. The minimum atomic E-state index is -0.626. The minimum absolute atomic E-state index is 0.277. The first-order valence-electron chi connectivity index (χ1n) is 7.41. The van der Waals surface area contributed by atoms with Crippen LogP contribution in [0.2, 0.25) is 0 Å². The van der Waals surface area contributed by atoms with Crippen molar-refractivity contribution in [1.82, 2.24) is 10.3 Å². The molecule has 1 aromatic heterocycles. The third kappa shape index (κ3) is 3.66. The standard InChI is InChI=1S/C15H23F2N3/c1-3-6-18-11(2)12-4-7-20(8-5-12)15-14(17)9-13(16)10-19-15/h9-12,18H,3-8H2,1-2H3. The summed E-state index contributed by atoms with van der Waals surface area (Å²) in [6.07, 6.45) is 4.23. The van der Waals surface area contributed by atoms with Crippen LogP contribution in [-0.2, 0) is 0 Å². The first kappa shape index (κ1) is 15.2. The lowest BCUT2D eigenvalue weighted by molar-refractivity contribution is 0.310. The first-order chi connectivity index (χ1) is 9.61. The Kier molecular flexibility index (Phi) is 5.29. The number of rotatable bonds is 5. The van der Waals surface area contributed by atoms with Crippen molar-refractivity contribution in [2.45, 2.75) is 39.2 Å². The second-order valence-corrected chi connectivity index (χ2v) is 5.53. The fourth-order valence-electron chi connectivity index (χ4n) is 2.79. The van der Waals surface area contributed by atoms with E-state index in [9.17, 15) is 8.78 Å². The molecule has 1 N–H and O–H groups in total. The van der Waals surface area contributed by atoms with Crippen LogP contribution in [0.15, 0.2) is 12.3 Å². The van der Waals surface area contributed by atoms with Gasteiger partial charge in [-0.15, -0.1) is 0 Å². The van der Waals surface area contributed by atoms with E-state index in [0.717, 1.165) is 51.2 Å². The van der Waals surface area contributed by atoms with Crippen molar-refractivity contribution in [3.63, 3.8) is 0 Å². The monoisotopic (exact) mass is 283 g/mol. The fourth-order valence-corrected chi connectivity index (χ4v) is 2.79. The summed E-state index contributed by atoms with van der Waals surface area (Å²) >= 11 is 0. The Labute approximate surface area is 119 Å². The largest absolute Gasteiger partial charge is 0.354 e. The summed E-state index contributed by atoms with van der Waals surface area (Å²) in [6, 6.07) is 1.39. The minimum Gasteiger partial charge on any atom is -0.354 e. The Morgan fingerprint density at radius 3 is 2.70 bits per heavy atom. The molecule has 0 spiro atoms. The molecule has 1 unspecified atom stereocenters. The van der Waals surface area contributed by atoms with Gasteiger partial charge in [-0.25, -0.2) is 13.8 Å². The number of nitrogens with zero attached hydrogens (tertiary/aromatic N) is 2. The van der Waals surface area contributed by atoms with Gasteiger partial charge in [0.2, 0.25) is 0 Å². The van der Waals surface area contributed by atoms with Crippen molar-refractivity contribution >= 4 is 5.82 Å². The zero-order valence-corrected chi connectivity index (χ0v) is 12.2. The molecule has 0 bridgehead atoms. The second-order valence-electron chi connectivity index (χ2n) is 5.53. The molecule has 1 fully saturated rings. The molecular formula is C15H23F2N3. The molecule has 2 heterocycles. The van der Waals surface area contributed by atoms with Gasteiger partial charge < -0.3 is 10.2 Å². The molecule has 2 rings (SSSR count). The molecule has 3 nitrogen and oxygen atoms in total. The van der Waals surface area contributed by atoms with Crippen molar-refractivity contribution in [1.29, 1.82) is 0 Å². The molecule has 1 atom stereocenters. The average Bonchev–Trinajstić information content (AvgIpc) is 2.45. The highest BCUT2D eigenvalue weighted by Crippen LogP contribution is 2.25. The van der Waals surface area contributed by atoms with Gasteiger partial charge in [0.05, 0.1) is 6.20 Å². The van der Waals surface area contributed by atoms with Crippen LogP contribution in [0.1, 0.15) is 33.1 Å². The molecule has 0 aromatic carbocycles. The van der Waals surface area contributed by atoms with Crippen LogP contribution in [-0.4, -0.2) is 30.7 Å². The van der Waals surface area contributed by atoms with E-state index in [0.29, 0.717) is 12.0 Å². The number of piperidine rings is 1. The maximum absolute atomic E-state index is 13.7. The predicted octanol–water partition coefficient (Wildman–Crippen LogP) is 2.96. The van der Waals surface area contributed by atoms with E-state index in [1.807, 2.05) is 4.90 Å². The number of anilines is 1. The fraction of sp³-hybridized carbons (Fsp3) is 0.667. The molecular weight excluding hydrogens is 260 g/mol. The molecule has 0 aliphatic carbocycles. The molecule has 1 aliphatic rings. The molecule has 20 heavy (non-hydrogen) atoms. The molecule has 1 aliphatic heterocycles. The summed E-state index contributed by atoms with van der Waals surface area (Å²) < 4.78 is 26.6. The van der Waals surface area contributed by atoms with Crippen LogP contribution in [0.25, 0.3) is 0 Å². The van der Waals surface area contributed by atoms with Crippen LogP contribution in [0.4, 0.5) is 14.6 Å². The van der Waals surface area contributed by atoms with Gasteiger partial charge in [0.25, 0.3) is 0 Å². The van der Waals surface area contributed by atoms with Gasteiger partial charge in [-0.05, 0) is 38.6 Å². The van der Waals surface area contributed by atoms with Crippen LogP contribution in [0.5, 0.6) is 0 Å². The van der Waals surface area contributed by atoms with E-state index < -0.39 is 11.6 Å². The van der Waals surface area contributed by atoms with Crippen molar-refractivity contribution in [3.05, 3.63) is 23.9 Å². The van der Waals surface area contributed by atoms with Crippen LogP contribution >= 0.6 is 0 Å². The summed E-state index contributed by atoms with van der Waals surface area (Å²) in [5.74, 6) is -0.306. The Balaban J connectivity index is 1.90. The summed E-state index contributed by atoms with van der Waals surface area (Å²) in [7, 11) is 0. The molecule has 0 amide bonds. The highest BCUT2D eigenvalue weighted by Gasteiger charge is 2.25. The summed E-state index contributed by atoms with van der Waals surface area (Å²) in [6.45, 7) is 6.96. The van der Waals surface area contributed by atoms with E-state index >= 15 is 0 Å². The zero-order chi connectivity index (χ0) is 14.5. The van der Waals surface area contributed by atoms with E-state index in [1.165, 1.54) is 0 Å². The van der Waals surface area contributed by atoms with Crippen LogP contribution in [0, 0.1) is 17.6 Å². The highest BCUT2D eigenvalue weighted by molar-refractivity contribution is 5.40. The Bertz CT molecular complexity index is 431. The third-order valence-electron chi connectivity index (χ3n) is 4.05. The van der Waals surface area contributed by atoms with E-state index in [4.69, 9.17) is 0 Å². The third-order valence-corrected chi connectivity index (χ3v) is 4.05. The van der Waals surface area contributed by atoms with Crippen molar-refractivity contribution < 1.29 is 8.78 Å². The molecule has 1 saturated heterocycles. The van der Waals surface area contributed by atoms with Gasteiger partial charge in [-0.1, -0.05) is 6.92 Å². The summed E-state index contributed by atoms with van der Waals surface area (Å²) in [5, 5.41) is 3.52. The number of pyridine rings is 1. The van der Waals surface area contributed by atoms with Crippen molar-refractivity contribution in [2.24, 2.45) is 5.92 Å². The molecule has 0 saturated carbocycles. The zero-order valence-electron chi connectivity index (χ0n) is 12.2. The average molecular weight is 283 g/mol. The van der Waals surface area contributed by atoms with Crippen molar-refractivity contribution in [2.75, 3.05) is 24.5 Å². The van der Waals surface area contributed by atoms with Crippen molar-refractivity contribution in [3.8, 4) is 0 Å². The Morgan fingerprint density at radius 2 is 2.10 bits per heavy atom. The lowest BCUT2D eigenvalue weighted by atomic mass is 9.90. The number of halogens is 2. The molecule has 5 heteroatoms. The normalized spacial score (nSPS) is 18.3. The van der Waals surface area contributed by atoms with Gasteiger partial charge in [0.1, 0.15) is 5.82 Å². The summed E-state index contributed by atoms with van der Waals surface area (Å²) in [4.78, 5) is 5.80. The summed E-state index contributed by atoms with van der Waals surface area (Å²) in [5.41, 5.74) is 0. The van der Waals surface area contributed by atoms with E-state index in [2.05, 4.69) is 24.1 Å². The highest BCUT2D eigenvalue weighted by atomic mass is 19.1. The number of hydrogen-bond acceptors (Lipinski definition) is 3. The van der Waals surface area contributed by atoms with Gasteiger partial charge in [0, 0.05) is 25.2 Å². The Morgan fingerprint density at radius 1 is 1.40 bits per heavy atom. The van der Waals surface area contributed by atoms with Gasteiger partial charge >= 0.3 is 0 Å². The Hall–Kier alpha value is -1.23. The maximum Gasteiger partial charge on any atom is 0.168 e. The lowest BCUT2D eigenvalue weighted by Crippen LogP contribution is -2.42. The molecule has 1 aromatic rings. The predicted molar refractivity (Wildman–Crippen MR) is 76.8 cm³/mol.